The Kier molecular flexibility index (Phi) is 5.17. The van der Waals surface area contributed by atoms with E-state index in [1.807, 2.05) is 13.8 Å². The van der Waals surface area contributed by atoms with Crippen LogP contribution < -0.4 is 20.9 Å². The highest BCUT2D eigenvalue weighted by Gasteiger charge is 2.51. The number of amides is 3. The highest BCUT2D eigenvalue weighted by Crippen LogP contribution is 2.55. The molecule has 28 heavy (non-hydrogen) atoms. The molecular weight excluding hydrogens is 378 g/mol. The summed E-state index contributed by atoms with van der Waals surface area (Å²) in [4.78, 5) is 24.4. The Morgan fingerprint density at radius 1 is 1.04 bits per heavy atom. The average Bonchev–Trinajstić information content (AvgIpc) is 2.61. The number of halogens is 1. The van der Waals surface area contributed by atoms with Gasteiger partial charge in [-0.3, -0.25) is 10.2 Å². The predicted molar refractivity (Wildman–Crippen MR) is 107 cm³/mol. The number of hydrazine groups is 1. The standard InChI is InChI=1S/C21H28ClN3O3/c1-12-3-17(4-13(2)19(12)22)28-11-18(26)24-25-20(27)23-21-8-14-5-15(9-21)7-16(6-14)10-21/h3-4,14-16H,5-11H2,1-2H3,(H,24,26)(H2,23,25,27). The molecule has 0 radical (unpaired) electrons. The first-order valence-electron chi connectivity index (χ1n) is 10.1. The third kappa shape index (κ3) is 4.07. The fourth-order valence-corrected chi connectivity index (χ4v) is 5.95. The molecule has 0 aromatic heterocycles. The number of aryl methyl sites for hydroxylation is 2. The molecule has 0 aliphatic heterocycles. The lowest BCUT2D eigenvalue weighted by molar-refractivity contribution is -0.123. The monoisotopic (exact) mass is 405 g/mol. The first-order chi connectivity index (χ1) is 13.3. The van der Waals surface area contributed by atoms with Gasteiger partial charge in [-0.2, -0.15) is 0 Å². The normalized spacial score (nSPS) is 30.0. The summed E-state index contributed by atoms with van der Waals surface area (Å²) in [6.45, 7) is 3.59. The van der Waals surface area contributed by atoms with Crippen LogP contribution in [0, 0.1) is 31.6 Å². The lowest BCUT2D eigenvalue weighted by Gasteiger charge is -2.56. The van der Waals surface area contributed by atoms with Crippen LogP contribution in [0.3, 0.4) is 0 Å². The Morgan fingerprint density at radius 3 is 2.11 bits per heavy atom. The summed E-state index contributed by atoms with van der Waals surface area (Å²) in [5, 5.41) is 3.85. The molecule has 0 saturated heterocycles. The number of rotatable bonds is 4. The van der Waals surface area contributed by atoms with E-state index in [1.165, 1.54) is 19.3 Å². The lowest BCUT2D eigenvalue weighted by Crippen LogP contribution is -2.63. The molecule has 0 spiro atoms. The molecular formula is C21H28ClN3O3. The van der Waals surface area contributed by atoms with Crippen LogP contribution in [-0.4, -0.2) is 24.1 Å². The Balaban J connectivity index is 1.23. The largest absolute Gasteiger partial charge is 0.484 e. The molecule has 1 aromatic carbocycles. The fraction of sp³-hybridized carbons (Fsp3) is 0.619. The Bertz CT molecular complexity index is 737. The molecule has 1 aromatic rings. The summed E-state index contributed by atoms with van der Waals surface area (Å²) in [6.07, 6.45) is 7.16. The molecule has 152 valence electrons. The van der Waals surface area contributed by atoms with Crippen molar-refractivity contribution in [2.45, 2.75) is 57.9 Å². The molecule has 6 nitrogen and oxygen atoms in total. The quantitative estimate of drug-likeness (QED) is 0.669. The van der Waals surface area contributed by atoms with Gasteiger partial charge in [0.2, 0.25) is 0 Å². The minimum absolute atomic E-state index is 0.0849. The van der Waals surface area contributed by atoms with Crippen molar-refractivity contribution in [1.82, 2.24) is 16.2 Å². The van der Waals surface area contributed by atoms with Gasteiger partial charge >= 0.3 is 6.03 Å². The van der Waals surface area contributed by atoms with Gasteiger partial charge in [-0.15, -0.1) is 0 Å². The number of hydrogen-bond acceptors (Lipinski definition) is 3. The number of hydrogen-bond donors (Lipinski definition) is 3. The van der Waals surface area contributed by atoms with Crippen LogP contribution in [-0.2, 0) is 4.79 Å². The minimum atomic E-state index is -0.411. The number of ether oxygens (including phenoxy) is 1. The van der Waals surface area contributed by atoms with Gasteiger partial charge < -0.3 is 10.1 Å². The topological polar surface area (TPSA) is 79.5 Å². The van der Waals surface area contributed by atoms with E-state index < -0.39 is 5.91 Å². The molecule has 3 amide bonds. The van der Waals surface area contributed by atoms with Gasteiger partial charge in [0.15, 0.2) is 6.61 Å². The van der Waals surface area contributed by atoms with Crippen molar-refractivity contribution in [1.29, 1.82) is 0 Å². The van der Waals surface area contributed by atoms with Gasteiger partial charge in [-0.25, -0.2) is 10.2 Å². The third-order valence-electron chi connectivity index (χ3n) is 6.51. The fourth-order valence-electron chi connectivity index (χ4n) is 5.84. The molecule has 3 N–H and O–H groups in total. The smallest absolute Gasteiger partial charge is 0.333 e. The van der Waals surface area contributed by atoms with E-state index in [0.29, 0.717) is 10.8 Å². The summed E-state index contributed by atoms with van der Waals surface area (Å²) in [6, 6.07) is 3.24. The average molecular weight is 406 g/mol. The van der Waals surface area contributed by atoms with Crippen molar-refractivity contribution in [2.75, 3.05) is 6.61 Å². The van der Waals surface area contributed by atoms with Crippen molar-refractivity contribution in [2.24, 2.45) is 17.8 Å². The number of benzene rings is 1. The van der Waals surface area contributed by atoms with Gasteiger partial charge in [0.05, 0.1) is 0 Å². The van der Waals surface area contributed by atoms with Crippen LogP contribution in [0.15, 0.2) is 12.1 Å². The second-order valence-electron chi connectivity index (χ2n) is 8.98. The molecule has 0 atom stereocenters. The lowest BCUT2D eigenvalue weighted by atomic mass is 9.53. The molecule has 4 fully saturated rings. The second-order valence-corrected chi connectivity index (χ2v) is 9.36. The van der Waals surface area contributed by atoms with Crippen LogP contribution >= 0.6 is 11.6 Å². The molecule has 0 heterocycles. The van der Waals surface area contributed by atoms with E-state index in [4.69, 9.17) is 16.3 Å². The molecule has 0 unspecified atom stereocenters. The molecule has 4 bridgehead atoms. The van der Waals surface area contributed by atoms with Crippen molar-refractivity contribution in [3.05, 3.63) is 28.3 Å². The van der Waals surface area contributed by atoms with Crippen LogP contribution in [0.1, 0.15) is 49.7 Å². The summed E-state index contributed by atoms with van der Waals surface area (Å²) in [5.74, 6) is 2.42. The van der Waals surface area contributed by atoms with Crippen molar-refractivity contribution < 1.29 is 14.3 Å². The molecule has 5 rings (SSSR count). The van der Waals surface area contributed by atoms with Gasteiger partial charge in [0.1, 0.15) is 5.75 Å². The Morgan fingerprint density at radius 2 is 1.57 bits per heavy atom. The van der Waals surface area contributed by atoms with Crippen LogP contribution in [0.5, 0.6) is 5.75 Å². The van der Waals surface area contributed by atoms with E-state index in [0.717, 1.165) is 48.1 Å². The molecule has 7 heteroatoms. The van der Waals surface area contributed by atoms with Crippen LogP contribution in [0.2, 0.25) is 5.02 Å². The van der Waals surface area contributed by atoms with E-state index >= 15 is 0 Å². The number of carbonyl (C=O) groups excluding carboxylic acids is 2. The van der Waals surface area contributed by atoms with Gasteiger partial charge in [-0.05, 0) is 93.4 Å². The van der Waals surface area contributed by atoms with Crippen LogP contribution in [0.4, 0.5) is 4.79 Å². The zero-order valence-electron chi connectivity index (χ0n) is 16.4. The summed E-state index contributed by atoms with van der Waals surface area (Å²) >= 11 is 6.14. The summed E-state index contributed by atoms with van der Waals surface area (Å²) in [5.41, 5.74) is 6.60. The van der Waals surface area contributed by atoms with Crippen LogP contribution in [0.25, 0.3) is 0 Å². The summed E-state index contributed by atoms with van der Waals surface area (Å²) in [7, 11) is 0. The highest BCUT2D eigenvalue weighted by molar-refractivity contribution is 6.32. The van der Waals surface area contributed by atoms with Gasteiger partial charge in [0.25, 0.3) is 5.91 Å². The van der Waals surface area contributed by atoms with E-state index in [2.05, 4.69) is 16.2 Å². The predicted octanol–water partition coefficient (Wildman–Crippen LogP) is 3.63. The molecule has 4 saturated carbocycles. The Hall–Kier alpha value is -1.95. The maximum atomic E-state index is 12.3. The second kappa shape index (κ2) is 7.47. The molecule has 4 aliphatic carbocycles. The zero-order valence-corrected chi connectivity index (χ0v) is 17.2. The maximum Gasteiger partial charge on any atom is 0.333 e. The maximum absolute atomic E-state index is 12.3. The number of nitrogens with one attached hydrogen (secondary N) is 3. The molecule has 4 aliphatic rings. The number of carbonyl (C=O) groups is 2. The first kappa shape index (κ1) is 19.4. The van der Waals surface area contributed by atoms with Crippen molar-refractivity contribution in [3.63, 3.8) is 0 Å². The summed E-state index contributed by atoms with van der Waals surface area (Å²) < 4.78 is 5.51. The van der Waals surface area contributed by atoms with Gasteiger partial charge in [-0.1, -0.05) is 11.6 Å². The Labute approximate surface area is 170 Å². The van der Waals surface area contributed by atoms with E-state index in [1.54, 1.807) is 12.1 Å². The van der Waals surface area contributed by atoms with Crippen molar-refractivity contribution >= 4 is 23.5 Å². The zero-order chi connectivity index (χ0) is 19.9. The first-order valence-corrected chi connectivity index (χ1v) is 10.5. The van der Waals surface area contributed by atoms with E-state index in [9.17, 15) is 9.59 Å². The third-order valence-corrected chi connectivity index (χ3v) is 7.11. The highest BCUT2D eigenvalue weighted by atomic mass is 35.5. The van der Waals surface area contributed by atoms with Crippen molar-refractivity contribution in [3.8, 4) is 5.75 Å². The van der Waals surface area contributed by atoms with E-state index in [-0.39, 0.29) is 18.2 Å². The SMILES string of the molecule is Cc1cc(OCC(=O)NNC(=O)NC23CC4CC(CC(C4)C2)C3)cc(C)c1Cl. The van der Waals surface area contributed by atoms with Gasteiger partial charge in [0, 0.05) is 10.6 Å². The minimum Gasteiger partial charge on any atom is -0.484 e. The number of urea groups is 1.